The summed E-state index contributed by atoms with van der Waals surface area (Å²) in [5, 5.41) is 7.37. The lowest BCUT2D eigenvalue weighted by Crippen LogP contribution is -2.36. The summed E-state index contributed by atoms with van der Waals surface area (Å²) in [6.45, 7) is 4.58. The van der Waals surface area contributed by atoms with Crippen LogP contribution >= 0.6 is 0 Å². The molecular weight excluding hydrogens is 384 g/mol. The molecule has 0 aliphatic rings. The number of amides is 1. The molecule has 0 unspecified atom stereocenters. The molecule has 1 amide bonds. The van der Waals surface area contributed by atoms with E-state index in [9.17, 15) is 4.79 Å². The summed E-state index contributed by atoms with van der Waals surface area (Å²) >= 11 is 0. The van der Waals surface area contributed by atoms with Gasteiger partial charge >= 0.3 is 0 Å². The second-order valence-electron chi connectivity index (χ2n) is 7.65. The van der Waals surface area contributed by atoms with Gasteiger partial charge < -0.3 is 10.3 Å². The number of nitrogens with one attached hydrogen (secondary N) is 3. The first-order valence-corrected chi connectivity index (χ1v) is 10.4. The Bertz CT molecular complexity index is 1200. The second kappa shape index (κ2) is 9.30. The van der Waals surface area contributed by atoms with Crippen molar-refractivity contribution in [3.63, 3.8) is 0 Å². The highest BCUT2D eigenvalue weighted by molar-refractivity contribution is 6.10. The van der Waals surface area contributed by atoms with Crippen molar-refractivity contribution < 1.29 is 4.79 Å². The first-order valence-electron chi connectivity index (χ1n) is 10.4. The fourth-order valence-electron chi connectivity index (χ4n) is 3.40. The van der Waals surface area contributed by atoms with Crippen LogP contribution in [0.4, 0.5) is 5.69 Å². The van der Waals surface area contributed by atoms with Crippen LogP contribution < -0.4 is 10.6 Å². The third-order valence-electron chi connectivity index (χ3n) is 5.19. The number of hydrogen-bond donors (Lipinski definition) is 3. The summed E-state index contributed by atoms with van der Waals surface area (Å²) in [5.74, 6) is 0.250. The van der Waals surface area contributed by atoms with Crippen LogP contribution in [0.25, 0.3) is 10.9 Å². The molecule has 0 atom stereocenters. The van der Waals surface area contributed by atoms with Crippen LogP contribution in [0.5, 0.6) is 0 Å². The second-order valence-corrected chi connectivity index (χ2v) is 7.65. The monoisotopic (exact) mass is 410 g/mol. The predicted octanol–water partition coefficient (Wildman–Crippen LogP) is 5.23. The van der Waals surface area contributed by atoms with Gasteiger partial charge in [0.25, 0.3) is 5.91 Å². The number of H-pyrrole nitrogens is 1. The number of nitrogens with zero attached hydrogens (tertiary/aromatic N) is 1. The van der Waals surface area contributed by atoms with E-state index in [4.69, 9.17) is 0 Å². The van der Waals surface area contributed by atoms with Gasteiger partial charge in [-0.1, -0.05) is 53.6 Å². The van der Waals surface area contributed by atoms with Crippen LogP contribution in [0, 0.1) is 13.8 Å². The lowest BCUT2D eigenvalue weighted by molar-refractivity contribution is 0.0977. The van der Waals surface area contributed by atoms with Gasteiger partial charge in [0, 0.05) is 34.9 Å². The van der Waals surface area contributed by atoms with E-state index in [2.05, 4.69) is 32.7 Å². The van der Waals surface area contributed by atoms with Crippen LogP contribution in [-0.4, -0.2) is 23.4 Å². The molecule has 0 aliphatic carbocycles. The minimum atomic E-state index is -0.189. The quantitative estimate of drug-likeness (QED) is 0.312. The van der Waals surface area contributed by atoms with Crippen LogP contribution in [0.3, 0.4) is 0 Å². The molecule has 5 nitrogen and oxygen atoms in total. The Morgan fingerprint density at radius 3 is 2.32 bits per heavy atom. The van der Waals surface area contributed by atoms with E-state index in [1.807, 2.05) is 80.7 Å². The number of fused-ring (bicyclic) bond motifs is 1. The number of anilines is 1. The summed E-state index contributed by atoms with van der Waals surface area (Å²) in [6.07, 6.45) is 2.79. The summed E-state index contributed by atoms with van der Waals surface area (Å²) in [7, 11) is 0. The number of carbonyl (C=O) groups is 1. The molecule has 4 rings (SSSR count). The van der Waals surface area contributed by atoms with Gasteiger partial charge in [0.05, 0.1) is 0 Å². The number of benzene rings is 3. The third-order valence-corrected chi connectivity index (χ3v) is 5.19. The van der Waals surface area contributed by atoms with Gasteiger partial charge in [0.15, 0.2) is 0 Å². The molecule has 1 aromatic heterocycles. The summed E-state index contributed by atoms with van der Waals surface area (Å²) in [5.41, 5.74) is 6.08. The normalized spacial score (nSPS) is 11.5. The first-order chi connectivity index (χ1) is 15.1. The lowest BCUT2D eigenvalue weighted by Gasteiger charge is -2.12. The van der Waals surface area contributed by atoms with Crippen LogP contribution in [0.1, 0.15) is 27.0 Å². The molecule has 3 aromatic carbocycles. The Hall–Kier alpha value is -3.86. The average molecular weight is 411 g/mol. The van der Waals surface area contributed by atoms with Crippen LogP contribution in [0.15, 0.2) is 84.0 Å². The third kappa shape index (κ3) is 5.20. The molecule has 156 valence electrons. The lowest BCUT2D eigenvalue weighted by atomic mass is 10.1. The molecule has 3 N–H and O–H groups in total. The molecule has 0 aliphatic heterocycles. The number of aliphatic imine (C=N–C) groups is 1. The fraction of sp³-hybridized carbons (Fsp3) is 0.154. The van der Waals surface area contributed by atoms with Crippen molar-refractivity contribution in [3.8, 4) is 0 Å². The van der Waals surface area contributed by atoms with Gasteiger partial charge in [0.1, 0.15) is 0 Å². The molecule has 0 saturated carbocycles. The average Bonchev–Trinajstić information content (AvgIpc) is 3.19. The zero-order chi connectivity index (χ0) is 21.6. The summed E-state index contributed by atoms with van der Waals surface area (Å²) in [6, 6.07) is 23.7. The van der Waals surface area contributed by atoms with E-state index in [1.165, 1.54) is 16.5 Å². The first kappa shape index (κ1) is 20.4. The van der Waals surface area contributed by atoms with Crippen LogP contribution in [0.2, 0.25) is 0 Å². The number of hydrogen-bond acceptors (Lipinski definition) is 2. The Kier molecular flexibility index (Phi) is 6.13. The Morgan fingerprint density at radius 1 is 0.903 bits per heavy atom. The molecule has 5 heteroatoms. The minimum Gasteiger partial charge on any atom is -0.361 e. The van der Waals surface area contributed by atoms with E-state index >= 15 is 0 Å². The number of guanidine groups is 1. The summed E-state index contributed by atoms with van der Waals surface area (Å²) in [4.78, 5) is 20.7. The maximum Gasteiger partial charge on any atom is 0.257 e. The highest BCUT2D eigenvalue weighted by atomic mass is 16.1. The van der Waals surface area contributed by atoms with Gasteiger partial charge in [0.2, 0.25) is 5.96 Å². The maximum atomic E-state index is 12.7. The number of aromatic amines is 1. The van der Waals surface area contributed by atoms with Crippen molar-refractivity contribution in [3.05, 3.63) is 101 Å². The van der Waals surface area contributed by atoms with Crippen molar-refractivity contribution in [2.24, 2.45) is 4.99 Å². The van der Waals surface area contributed by atoms with E-state index in [1.54, 1.807) is 0 Å². The zero-order valence-corrected chi connectivity index (χ0v) is 17.8. The molecule has 0 fully saturated rings. The minimum absolute atomic E-state index is 0.189. The van der Waals surface area contributed by atoms with Crippen molar-refractivity contribution in [2.45, 2.75) is 20.3 Å². The number of para-hydroxylation sites is 1. The standard InChI is InChI=1S/C26H26N4O/c1-18-7-11-20(12-8-18)25(31)30-26(29-22-13-9-19(2)10-14-22)27-16-15-21-17-28-24-6-4-3-5-23(21)24/h3-14,17,28H,15-16H2,1-2H3,(H2,27,29,30,31). The number of aromatic nitrogens is 1. The van der Waals surface area contributed by atoms with E-state index in [0.717, 1.165) is 23.2 Å². The molecular formula is C26H26N4O. The van der Waals surface area contributed by atoms with Crippen molar-refractivity contribution in [2.75, 3.05) is 11.9 Å². The number of aryl methyl sites for hydroxylation is 2. The van der Waals surface area contributed by atoms with E-state index in [-0.39, 0.29) is 5.91 Å². The van der Waals surface area contributed by atoms with Gasteiger partial charge in [-0.15, -0.1) is 0 Å². The summed E-state index contributed by atoms with van der Waals surface area (Å²) < 4.78 is 0. The largest absolute Gasteiger partial charge is 0.361 e. The molecule has 0 bridgehead atoms. The van der Waals surface area contributed by atoms with Gasteiger partial charge in [-0.05, 0) is 56.2 Å². The highest BCUT2D eigenvalue weighted by Crippen LogP contribution is 2.18. The number of rotatable bonds is 5. The molecule has 0 saturated heterocycles. The zero-order valence-electron chi connectivity index (χ0n) is 17.8. The molecule has 1 heterocycles. The molecule has 4 aromatic rings. The highest BCUT2D eigenvalue weighted by Gasteiger charge is 2.10. The smallest absolute Gasteiger partial charge is 0.257 e. The predicted molar refractivity (Wildman–Crippen MR) is 128 cm³/mol. The van der Waals surface area contributed by atoms with Gasteiger partial charge in [-0.2, -0.15) is 0 Å². The number of carbonyl (C=O) groups excluding carboxylic acids is 1. The Labute approximate surface area is 182 Å². The van der Waals surface area contributed by atoms with Crippen molar-refractivity contribution in [1.29, 1.82) is 0 Å². The van der Waals surface area contributed by atoms with E-state index < -0.39 is 0 Å². The van der Waals surface area contributed by atoms with Gasteiger partial charge in [-0.25, -0.2) is 0 Å². The maximum absolute atomic E-state index is 12.7. The van der Waals surface area contributed by atoms with Crippen molar-refractivity contribution in [1.82, 2.24) is 10.3 Å². The topological polar surface area (TPSA) is 69.3 Å². The molecule has 0 spiro atoms. The molecule has 0 radical (unpaired) electrons. The van der Waals surface area contributed by atoms with Crippen molar-refractivity contribution >= 4 is 28.5 Å². The Balaban J connectivity index is 1.51. The van der Waals surface area contributed by atoms with Gasteiger partial charge in [-0.3, -0.25) is 15.1 Å². The van der Waals surface area contributed by atoms with E-state index in [0.29, 0.717) is 18.1 Å². The SMILES string of the molecule is Cc1ccc(NC(=NCCc2c[nH]c3ccccc23)NC(=O)c2ccc(C)cc2)cc1. The Morgan fingerprint density at radius 2 is 1.58 bits per heavy atom. The fourth-order valence-corrected chi connectivity index (χ4v) is 3.40. The molecule has 31 heavy (non-hydrogen) atoms. The van der Waals surface area contributed by atoms with Crippen LogP contribution in [-0.2, 0) is 6.42 Å².